The number of anilines is 2. The first kappa shape index (κ1) is 26.3. The van der Waals surface area contributed by atoms with Gasteiger partial charge in [-0.1, -0.05) is 19.3 Å². The fourth-order valence-corrected chi connectivity index (χ4v) is 4.82. The van der Waals surface area contributed by atoms with E-state index in [-0.39, 0.29) is 17.7 Å². The minimum absolute atomic E-state index is 0.0391. The Hall–Kier alpha value is -4.34. The first-order valence-electron chi connectivity index (χ1n) is 13.1. The molecule has 0 atom stereocenters. The minimum Gasteiger partial charge on any atom is -0.493 e. The summed E-state index contributed by atoms with van der Waals surface area (Å²) in [6, 6.07) is 9.87. The molecule has 9 nitrogen and oxygen atoms in total. The van der Waals surface area contributed by atoms with Gasteiger partial charge in [-0.2, -0.15) is 5.10 Å². The van der Waals surface area contributed by atoms with Crippen LogP contribution in [0.3, 0.4) is 0 Å². The van der Waals surface area contributed by atoms with Gasteiger partial charge >= 0.3 is 0 Å². The third-order valence-corrected chi connectivity index (χ3v) is 6.72. The molecular weight excluding hydrogens is 501 g/mol. The smallest absolute Gasteiger partial charge is 0.256 e. The summed E-state index contributed by atoms with van der Waals surface area (Å²) in [6.45, 7) is 2.37. The van der Waals surface area contributed by atoms with Crippen LogP contribution in [0.1, 0.15) is 49.4 Å². The third-order valence-electron chi connectivity index (χ3n) is 6.72. The van der Waals surface area contributed by atoms with Crippen LogP contribution < -0.4 is 24.8 Å². The maximum Gasteiger partial charge on any atom is 0.256 e. The highest BCUT2D eigenvalue weighted by atomic mass is 19.1. The molecule has 0 radical (unpaired) electrons. The number of methoxy groups -OCH3 is 1. The fourth-order valence-electron chi connectivity index (χ4n) is 4.82. The second-order valence-corrected chi connectivity index (χ2v) is 9.51. The van der Waals surface area contributed by atoms with Crippen LogP contribution in [-0.2, 0) is 7.05 Å². The lowest BCUT2D eigenvalue weighted by Gasteiger charge is -2.22. The van der Waals surface area contributed by atoms with E-state index in [0.29, 0.717) is 51.8 Å². The van der Waals surface area contributed by atoms with Gasteiger partial charge in [0.15, 0.2) is 28.9 Å². The predicted octanol–water partition coefficient (Wildman–Crippen LogP) is 6.11. The lowest BCUT2D eigenvalue weighted by Crippen LogP contribution is -2.36. The molecule has 2 aromatic heterocycles. The summed E-state index contributed by atoms with van der Waals surface area (Å²) in [4.78, 5) is 17.3. The lowest BCUT2D eigenvalue weighted by atomic mass is 9.95. The van der Waals surface area contributed by atoms with E-state index >= 15 is 4.39 Å². The van der Waals surface area contributed by atoms with E-state index < -0.39 is 5.82 Å². The zero-order valence-electron chi connectivity index (χ0n) is 22.3. The molecule has 39 heavy (non-hydrogen) atoms. The summed E-state index contributed by atoms with van der Waals surface area (Å²) in [5.41, 5.74) is 1.48. The molecule has 5 rings (SSSR count). The molecule has 1 aliphatic carbocycles. The van der Waals surface area contributed by atoms with Gasteiger partial charge in [-0.25, -0.2) is 4.39 Å². The number of halogens is 1. The number of benzene rings is 2. The number of aromatic nitrogens is 3. The van der Waals surface area contributed by atoms with Gasteiger partial charge in [0, 0.05) is 48.7 Å². The first-order valence-corrected chi connectivity index (χ1v) is 13.1. The Kier molecular flexibility index (Phi) is 7.81. The number of hydrogen-bond acceptors (Lipinski definition) is 7. The van der Waals surface area contributed by atoms with E-state index in [1.807, 2.05) is 6.92 Å². The molecule has 0 saturated heterocycles. The number of rotatable bonds is 9. The molecule has 204 valence electrons. The first-order chi connectivity index (χ1) is 18.9. The van der Waals surface area contributed by atoms with E-state index in [1.54, 1.807) is 55.5 Å². The zero-order chi connectivity index (χ0) is 27.4. The van der Waals surface area contributed by atoms with Crippen molar-refractivity contribution in [3.8, 4) is 23.0 Å². The Morgan fingerprint density at radius 3 is 2.64 bits per heavy atom. The molecule has 0 unspecified atom stereocenters. The fraction of sp³-hybridized carbons (Fsp3) is 0.345. The summed E-state index contributed by atoms with van der Waals surface area (Å²) in [7, 11) is 3.30. The molecule has 0 aliphatic heterocycles. The number of carbonyl (C=O) groups excluding carboxylic acids is 1. The van der Waals surface area contributed by atoms with Crippen molar-refractivity contribution >= 4 is 28.3 Å². The van der Waals surface area contributed by atoms with E-state index in [9.17, 15) is 4.79 Å². The number of pyridine rings is 1. The molecular formula is C29H32FN5O4. The molecule has 2 aromatic carbocycles. The Morgan fingerprint density at radius 2 is 1.90 bits per heavy atom. The topological polar surface area (TPSA) is 99.5 Å². The van der Waals surface area contributed by atoms with Gasteiger partial charge in [0.25, 0.3) is 5.91 Å². The van der Waals surface area contributed by atoms with Crippen LogP contribution in [0.5, 0.6) is 23.0 Å². The quantitative estimate of drug-likeness (QED) is 0.268. The Morgan fingerprint density at radius 1 is 1.08 bits per heavy atom. The van der Waals surface area contributed by atoms with Gasteiger partial charge in [-0.3, -0.25) is 14.5 Å². The van der Waals surface area contributed by atoms with Gasteiger partial charge in [-0.05, 0) is 44.0 Å². The molecule has 0 bridgehead atoms. The zero-order valence-corrected chi connectivity index (χ0v) is 22.3. The standard InChI is InChI=1S/C29H32FN5O4/c1-4-38-27-16-23-20(15-26(27)37-3)24(12-13-31-23)39-25-11-10-19(14-22(25)30)32-28-21(17-35(2)34-28)29(36)33-18-8-6-5-7-9-18/h10-18H,4-9H2,1-3H3,(H,32,34)(H,33,36). The van der Waals surface area contributed by atoms with E-state index in [0.717, 1.165) is 25.7 Å². The highest BCUT2D eigenvalue weighted by molar-refractivity contribution is 5.99. The van der Waals surface area contributed by atoms with Crippen LogP contribution in [0.15, 0.2) is 48.8 Å². The molecule has 2 heterocycles. The van der Waals surface area contributed by atoms with Crippen molar-refractivity contribution in [1.82, 2.24) is 20.1 Å². The average Bonchev–Trinajstić information content (AvgIpc) is 3.30. The van der Waals surface area contributed by atoms with Crippen molar-refractivity contribution in [2.75, 3.05) is 19.0 Å². The number of carbonyl (C=O) groups is 1. The normalized spacial score (nSPS) is 13.7. The van der Waals surface area contributed by atoms with Crippen molar-refractivity contribution < 1.29 is 23.4 Å². The summed E-state index contributed by atoms with van der Waals surface area (Å²) in [5, 5.41) is 11.2. The number of ether oxygens (including phenoxy) is 3. The van der Waals surface area contributed by atoms with Gasteiger partial charge in [0.2, 0.25) is 0 Å². The van der Waals surface area contributed by atoms with Gasteiger partial charge < -0.3 is 24.8 Å². The number of nitrogens with zero attached hydrogens (tertiary/aromatic N) is 3. The van der Waals surface area contributed by atoms with Crippen molar-refractivity contribution in [3.05, 3.63) is 60.2 Å². The van der Waals surface area contributed by atoms with Gasteiger partial charge in [-0.15, -0.1) is 0 Å². The number of hydrogen-bond donors (Lipinski definition) is 2. The van der Waals surface area contributed by atoms with E-state index in [4.69, 9.17) is 14.2 Å². The van der Waals surface area contributed by atoms with Crippen molar-refractivity contribution in [1.29, 1.82) is 0 Å². The molecule has 2 N–H and O–H groups in total. The molecule has 1 amide bonds. The predicted molar refractivity (Wildman–Crippen MR) is 147 cm³/mol. The average molecular weight is 534 g/mol. The second kappa shape index (κ2) is 11.6. The van der Waals surface area contributed by atoms with Crippen LogP contribution in [0.25, 0.3) is 10.9 Å². The van der Waals surface area contributed by atoms with Crippen molar-refractivity contribution in [2.24, 2.45) is 7.05 Å². The highest BCUT2D eigenvalue weighted by Gasteiger charge is 2.21. The SMILES string of the molecule is CCOc1cc2nccc(Oc3ccc(Nc4nn(C)cc4C(=O)NC4CCCCC4)cc3F)c2cc1OC. The van der Waals surface area contributed by atoms with Gasteiger partial charge in [0.1, 0.15) is 11.3 Å². The van der Waals surface area contributed by atoms with Crippen LogP contribution in [0.4, 0.5) is 15.9 Å². The molecule has 1 aliphatic rings. The summed E-state index contributed by atoms with van der Waals surface area (Å²) in [6.07, 6.45) is 8.66. The Bertz CT molecular complexity index is 1480. The molecule has 1 saturated carbocycles. The third kappa shape index (κ3) is 5.89. The van der Waals surface area contributed by atoms with Crippen LogP contribution in [-0.4, -0.2) is 40.4 Å². The molecule has 0 spiro atoms. The highest BCUT2D eigenvalue weighted by Crippen LogP contribution is 2.38. The molecule has 4 aromatic rings. The summed E-state index contributed by atoms with van der Waals surface area (Å²) >= 11 is 0. The number of nitrogens with one attached hydrogen (secondary N) is 2. The van der Waals surface area contributed by atoms with E-state index in [1.165, 1.54) is 18.6 Å². The van der Waals surface area contributed by atoms with Crippen LogP contribution in [0, 0.1) is 5.82 Å². The van der Waals surface area contributed by atoms with Crippen molar-refractivity contribution in [2.45, 2.75) is 45.1 Å². The number of aryl methyl sites for hydroxylation is 1. The number of amides is 1. The molecule has 1 fully saturated rings. The summed E-state index contributed by atoms with van der Waals surface area (Å²) in [5.74, 6) is 1.15. The van der Waals surface area contributed by atoms with Crippen molar-refractivity contribution in [3.63, 3.8) is 0 Å². The minimum atomic E-state index is -0.577. The van der Waals surface area contributed by atoms with Crippen LogP contribution >= 0.6 is 0 Å². The maximum atomic E-state index is 15.2. The monoisotopic (exact) mass is 533 g/mol. The largest absolute Gasteiger partial charge is 0.493 e. The maximum absolute atomic E-state index is 15.2. The van der Waals surface area contributed by atoms with E-state index in [2.05, 4.69) is 20.7 Å². The van der Waals surface area contributed by atoms with Gasteiger partial charge in [0.05, 0.1) is 19.2 Å². The number of fused-ring (bicyclic) bond motifs is 1. The lowest BCUT2D eigenvalue weighted by molar-refractivity contribution is 0.0928. The summed E-state index contributed by atoms with van der Waals surface area (Å²) < 4.78 is 33.8. The molecule has 10 heteroatoms. The Balaban J connectivity index is 1.35. The van der Waals surface area contributed by atoms with Crippen LogP contribution in [0.2, 0.25) is 0 Å². The Labute approximate surface area is 226 Å². The second-order valence-electron chi connectivity index (χ2n) is 9.51.